The van der Waals surface area contributed by atoms with E-state index in [1.54, 1.807) is 25.6 Å². The molecular formula is C16H20O6S. The number of ether oxygens (including phenoxy) is 2. The van der Waals surface area contributed by atoms with Crippen LogP contribution in [0.2, 0.25) is 0 Å². The van der Waals surface area contributed by atoms with Crippen molar-refractivity contribution in [2.75, 3.05) is 19.5 Å². The van der Waals surface area contributed by atoms with Crippen LogP contribution in [0.25, 0.3) is 0 Å². The molecule has 0 aromatic rings. The maximum atomic E-state index is 12.5. The van der Waals surface area contributed by atoms with Crippen LogP contribution in [-0.4, -0.2) is 47.7 Å². The molecule has 0 spiro atoms. The number of hydrogen-bond acceptors (Lipinski definition) is 6. The lowest BCUT2D eigenvalue weighted by atomic mass is 9.74. The highest BCUT2D eigenvalue weighted by atomic mass is 32.2. The Balaban J connectivity index is 2.49. The van der Waals surface area contributed by atoms with Crippen LogP contribution in [0.4, 0.5) is 0 Å². The predicted octanol–water partition coefficient (Wildman–Crippen LogP) is 1.95. The molecule has 0 aromatic heterocycles. The molecule has 23 heavy (non-hydrogen) atoms. The Hall–Kier alpha value is -1.60. The fraction of sp³-hybridized carbons (Fsp3) is 0.562. The van der Waals surface area contributed by atoms with E-state index < -0.39 is 17.4 Å². The Kier molecular flexibility index (Phi) is 5.31. The third-order valence-electron chi connectivity index (χ3n) is 3.97. The minimum Gasteiger partial charge on any atom is -0.478 e. The van der Waals surface area contributed by atoms with Crippen molar-refractivity contribution >= 4 is 29.5 Å². The molecule has 0 aromatic carbocycles. The number of Topliss-reactive ketones (excluding diaryl/α,β-unsaturated/α-hetero) is 1. The third kappa shape index (κ3) is 3.67. The first-order valence-corrected chi connectivity index (χ1v) is 8.34. The molecule has 1 unspecified atom stereocenters. The quantitative estimate of drug-likeness (QED) is 0.765. The van der Waals surface area contributed by atoms with E-state index in [9.17, 15) is 19.5 Å². The first-order chi connectivity index (χ1) is 10.8. The van der Waals surface area contributed by atoms with Crippen molar-refractivity contribution in [1.82, 2.24) is 0 Å². The smallest absolute Gasteiger partial charge is 0.332 e. The molecule has 0 saturated carbocycles. The van der Waals surface area contributed by atoms with Gasteiger partial charge in [-0.25, -0.2) is 4.79 Å². The number of methoxy groups -OCH3 is 1. The summed E-state index contributed by atoms with van der Waals surface area (Å²) in [6.07, 6.45) is 1.68. The minimum absolute atomic E-state index is 0.0393. The van der Waals surface area contributed by atoms with Crippen molar-refractivity contribution < 1.29 is 29.0 Å². The maximum Gasteiger partial charge on any atom is 0.332 e. The average Bonchev–Trinajstić information content (AvgIpc) is 2.98. The number of aliphatic carboxylic acids is 1. The molecule has 126 valence electrons. The highest BCUT2D eigenvalue weighted by Crippen LogP contribution is 2.39. The molecule has 0 bridgehead atoms. The van der Waals surface area contributed by atoms with Crippen molar-refractivity contribution in [3.05, 3.63) is 22.8 Å². The van der Waals surface area contributed by atoms with Gasteiger partial charge in [-0.1, -0.05) is 0 Å². The second kappa shape index (κ2) is 6.88. The number of esters is 1. The van der Waals surface area contributed by atoms with Crippen LogP contribution in [0.1, 0.15) is 26.7 Å². The summed E-state index contributed by atoms with van der Waals surface area (Å²) in [6, 6.07) is 0. The zero-order chi connectivity index (χ0) is 17.2. The summed E-state index contributed by atoms with van der Waals surface area (Å²) in [7, 11) is 1.27. The van der Waals surface area contributed by atoms with E-state index in [0.29, 0.717) is 24.2 Å². The Labute approximate surface area is 138 Å². The van der Waals surface area contributed by atoms with Gasteiger partial charge in [-0.05, 0) is 25.5 Å². The van der Waals surface area contributed by atoms with Crippen molar-refractivity contribution in [3.8, 4) is 0 Å². The summed E-state index contributed by atoms with van der Waals surface area (Å²) in [4.78, 5) is 35.9. The fourth-order valence-electron chi connectivity index (χ4n) is 2.88. The lowest BCUT2D eigenvalue weighted by Crippen LogP contribution is -2.34. The Morgan fingerprint density at radius 1 is 1.48 bits per heavy atom. The van der Waals surface area contributed by atoms with E-state index in [4.69, 9.17) is 9.47 Å². The monoisotopic (exact) mass is 340 g/mol. The first kappa shape index (κ1) is 17.7. The SMILES string of the molecule is COC(=O)C(C)(C)C1=C(CC2OCCS2)C=C(C(=O)O)CC1=O. The van der Waals surface area contributed by atoms with Gasteiger partial charge in [-0.15, -0.1) is 11.8 Å². The highest BCUT2D eigenvalue weighted by molar-refractivity contribution is 7.99. The number of ketones is 1. The van der Waals surface area contributed by atoms with Crippen LogP contribution in [-0.2, 0) is 23.9 Å². The highest BCUT2D eigenvalue weighted by Gasteiger charge is 2.41. The molecule has 6 nitrogen and oxygen atoms in total. The zero-order valence-corrected chi connectivity index (χ0v) is 14.2. The van der Waals surface area contributed by atoms with Crippen molar-refractivity contribution in [2.24, 2.45) is 5.41 Å². The summed E-state index contributed by atoms with van der Waals surface area (Å²) in [6.45, 7) is 3.87. The van der Waals surface area contributed by atoms with Gasteiger partial charge in [0.2, 0.25) is 0 Å². The average molecular weight is 340 g/mol. The van der Waals surface area contributed by atoms with Gasteiger partial charge in [0.05, 0.1) is 19.1 Å². The number of carbonyl (C=O) groups is 3. The van der Waals surface area contributed by atoms with Gasteiger partial charge in [-0.3, -0.25) is 9.59 Å². The van der Waals surface area contributed by atoms with E-state index in [1.165, 1.54) is 13.2 Å². The number of thioether (sulfide) groups is 1. The van der Waals surface area contributed by atoms with Gasteiger partial charge in [0.25, 0.3) is 0 Å². The van der Waals surface area contributed by atoms with Crippen LogP contribution >= 0.6 is 11.8 Å². The molecule has 1 fully saturated rings. The summed E-state index contributed by atoms with van der Waals surface area (Å²) in [5.74, 6) is -1.13. The molecule has 1 atom stereocenters. The third-order valence-corrected chi connectivity index (χ3v) is 5.05. The van der Waals surface area contributed by atoms with E-state index in [2.05, 4.69) is 0 Å². The maximum absolute atomic E-state index is 12.5. The number of hydrogen-bond donors (Lipinski definition) is 1. The number of allylic oxidation sites excluding steroid dienone is 1. The molecule has 1 heterocycles. The van der Waals surface area contributed by atoms with Gasteiger partial charge >= 0.3 is 11.9 Å². The summed E-state index contributed by atoms with van der Waals surface area (Å²) < 4.78 is 10.4. The number of carboxylic acids is 1. The van der Waals surface area contributed by atoms with Gasteiger partial charge < -0.3 is 14.6 Å². The van der Waals surface area contributed by atoms with Gasteiger partial charge in [0.1, 0.15) is 5.44 Å². The zero-order valence-electron chi connectivity index (χ0n) is 13.4. The first-order valence-electron chi connectivity index (χ1n) is 7.29. The summed E-state index contributed by atoms with van der Waals surface area (Å²) >= 11 is 1.61. The molecule has 2 rings (SSSR count). The lowest BCUT2D eigenvalue weighted by molar-refractivity contribution is -0.149. The molecule has 7 heteroatoms. The minimum atomic E-state index is -1.13. The van der Waals surface area contributed by atoms with E-state index in [0.717, 1.165) is 5.75 Å². The van der Waals surface area contributed by atoms with E-state index >= 15 is 0 Å². The second-order valence-corrected chi connectivity index (χ2v) is 7.23. The van der Waals surface area contributed by atoms with Crippen LogP contribution < -0.4 is 0 Å². The topological polar surface area (TPSA) is 89.9 Å². The predicted molar refractivity (Wildman–Crippen MR) is 85.0 cm³/mol. The largest absolute Gasteiger partial charge is 0.478 e. The molecular weight excluding hydrogens is 320 g/mol. The molecule has 1 N–H and O–H groups in total. The number of rotatable bonds is 5. The van der Waals surface area contributed by atoms with Crippen LogP contribution in [0.5, 0.6) is 0 Å². The molecule has 1 aliphatic carbocycles. The number of carboxylic acid groups (broad SMARTS) is 1. The Morgan fingerprint density at radius 3 is 2.70 bits per heavy atom. The molecule has 0 radical (unpaired) electrons. The summed E-state index contributed by atoms with van der Waals surface area (Å²) in [5, 5.41) is 9.21. The van der Waals surface area contributed by atoms with Crippen LogP contribution in [0, 0.1) is 5.41 Å². The van der Waals surface area contributed by atoms with Gasteiger partial charge in [-0.2, -0.15) is 0 Å². The van der Waals surface area contributed by atoms with E-state index in [1.807, 2.05) is 0 Å². The molecule has 1 saturated heterocycles. The molecule has 1 aliphatic heterocycles. The fourth-order valence-corrected chi connectivity index (χ4v) is 3.83. The standard InChI is InChI=1S/C16H20O6S/c1-16(2,15(20)21-3)13-9(8-12-22-4-5-23-12)6-10(14(18)19)7-11(13)17/h6,12H,4-5,7-8H2,1-3H3,(H,18,19). The van der Waals surface area contributed by atoms with Gasteiger partial charge in [0, 0.05) is 29.7 Å². The van der Waals surface area contributed by atoms with Crippen LogP contribution in [0.15, 0.2) is 22.8 Å². The van der Waals surface area contributed by atoms with Crippen molar-refractivity contribution in [2.45, 2.75) is 32.1 Å². The van der Waals surface area contributed by atoms with Crippen molar-refractivity contribution in [1.29, 1.82) is 0 Å². The van der Waals surface area contributed by atoms with E-state index in [-0.39, 0.29) is 23.2 Å². The van der Waals surface area contributed by atoms with Gasteiger partial charge in [0.15, 0.2) is 5.78 Å². The normalized spacial score (nSPS) is 22.1. The lowest BCUT2D eigenvalue weighted by Gasteiger charge is -2.29. The summed E-state index contributed by atoms with van der Waals surface area (Å²) in [5.41, 5.74) is -0.354. The molecule has 0 amide bonds. The second-order valence-electron chi connectivity index (χ2n) is 5.97. The Bertz CT molecular complexity index is 596. The van der Waals surface area contributed by atoms with Crippen molar-refractivity contribution in [3.63, 3.8) is 0 Å². The number of carbonyl (C=O) groups excluding carboxylic acids is 2. The Morgan fingerprint density at radius 2 is 2.17 bits per heavy atom. The van der Waals surface area contributed by atoms with Crippen LogP contribution in [0.3, 0.4) is 0 Å². The molecule has 2 aliphatic rings.